The molecule has 9 heteroatoms. The Morgan fingerprint density at radius 2 is 0.412 bits per heavy atom. The lowest BCUT2D eigenvalue weighted by Crippen LogP contribution is -1.83. The molecule has 0 spiro atoms. The minimum atomic E-state index is 0.250. The van der Waals surface area contributed by atoms with Gasteiger partial charge in [0.1, 0.15) is 0 Å². The summed E-state index contributed by atoms with van der Waals surface area (Å²) < 4.78 is 0. The normalized spacial score (nSPS) is 7.24. The van der Waals surface area contributed by atoms with Crippen molar-refractivity contribution in [2.24, 2.45) is 0 Å². The second-order valence-electron chi connectivity index (χ2n) is 5.37. The number of hydrogen-bond donors (Lipinski definition) is 9. The van der Waals surface area contributed by atoms with Gasteiger partial charge in [0.2, 0.25) is 0 Å². The van der Waals surface area contributed by atoms with E-state index >= 15 is 0 Å². The summed E-state index contributed by atoms with van der Waals surface area (Å²) in [6.45, 7) is 18.0. The molecule has 0 aromatic carbocycles. The first-order valence-corrected chi connectivity index (χ1v) is 12.7. The zero-order valence-electron chi connectivity index (χ0n) is 24.3. The number of hydrogen-bond acceptors (Lipinski definition) is 9. The van der Waals surface area contributed by atoms with Crippen molar-refractivity contribution in [2.45, 2.75) is 107 Å². The van der Waals surface area contributed by atoms with Crippen LogP contribution >= 0.6 is 0 Å². The van der Waals surface area contributed by atoms with E-state index in [9.17, 15) is 0 Å². The first kappa shape index (κ1) is 59.0. The van der Waals surface area contributed by atoms with Gasteiger partial charge < -0.3 is 46.0 Å². The van der Waals surface area contributed by atoms with Gasteiger partial charge >= 0.3 is 0 Å². The largest absolute Gasteiger partial charge is 0.397 e. The van der Waals surface area contributed by atoms with Crippen molar-refractivity contribution in [3.05, 3.63) is 0 Å². The Bertz CT molecular complexity index is 124. The summed E-state index contributed by atoms with van der Waals surface area (Å²) in [7, 11) is 0. The minimum Gasteiger partial charge on any atom is -0.397 e. The third-order valence-electron chi connectivity index (χ3n) is 1.76. The first-order valence-electron chi connectivity index (χ1n) is 12.7. The van der Waals surface area contributed by atoms with E-state index in [1.165, 1.54) is 38.5 Å². The van der Waals surface area contributed by atoms with Gasteiger partial charge in [-0.1, -0.05) is 45.4 Å². The molecule has 0 aliphatic heterocycles. The molecule has 0 bridgehead atoms. The first-order chi connectivity index (χ1) is 16.2. The smallest absolute Gasteiger partial charge is 0.0431 e. The highest BCUT2D eigenvalue weighted by Gasteiger charge is 1.88. The van der Waals surface area contributed by atoms with Gasteiger partial charge in [0.25, 0.3) is 0 Å². The summed E-state index contributed by atoms with van der Waals surface area (Å²) in [6, 6.07) is 0. The van der Waals surface area contributed by atoms with Crippen LogP contribution in [-0.4, -0.2) is 105 Å². The van der Waals surface area contributed by atoms with E-state index in [1.54, 1.807) is 55.4 Å². The van der Waals surface area contributed by atoms with Crippen LogP contribution < -0.4 is 0 Å². The maximum Gasteiger partial charge on any atom is 0.0431 e. The van der Waals surface area contributed by atoms with Crippen molar-refractivity contribution in [3.63, 3.8) is 0 Å². The predicted molar refractivity (Wildman–Crippen MR) is 147 cm³/mol. The molecule has 0 heterocycles. The highest BCUT2D eigenvalue weighted by molar-refractivity contribution is 4.43. The van der Waals surface area contributed by atoms with Gasteiger partial charge in [0.05, 0.1) is 0 Å². The van der Waals surface area contributed by atoms with Gasteiger partial charge in [-0.25, -0.2) is 0 Å². The van der Waals surface area contributed by atoms with Crippen molar-refractivity contribution < 1.29 is 46.0 Å². The van der Waals surface area contributed by atoms with E-state index in [0.29, 0.717) is 6.61 Å². The Balaban J connectivity index is -0.0000000318. The van der Waals surface area contributed by atoms with Crippen molar-refractivity contribution in [2.75, 3.05) is 59.5 Å². The van der Waals surface area contributed by atoms with Gasteiger partial charge in [-0.3, -0.25) is 0 Å². The molecule has 9 N–H and O–H groups in total. The second-order valence-corrected chi connectivity index (χ2v) is 5.37. The van der Waals surface area contributed by atoms with Gasteiger partial charge in [-0.05, 0) is 61.8 Å². The molecule has 0 saturated carbocycles. The van der Waals surface area contributed by atoms with E-state index in [-0.39, 0.29) is 52.9 Å². The molecular weight excluding hydrogens is 444 g/mol. The quantitative estimate of drug-likeness (QED) is 0.231. The fraction of sp³-hybridized carbons (Fsp3) is 1.00. The van der Waals surface area contributed by atoms with Crippen LogP contribution in [0.25, 0.3) is 0 Å². The molecule has 0 atom stereocenters. The Kier molecular flexibility index (Phi) is 232. The molecule has 0 aliphatic rings. The third kappa shape index (κ3) is 674. The topological polar surface area (TPSA) is 182 Å². The van der Waals surface area contributed by atoms with E-state index in [1.807, 2.05) is 0 Å². The molecule has 222 valence electrons. The molecule has 0 rings (SSSR count). The van der Waals surface area contributed by atoms with E-state index in [4.69, 9.17) is 46.0 Å². The summed E-state index contributed by atoms with van der Waals surface area (Å²) in [5, 5.41) is 69.0. The summed E-state index contributed by atoms with van der Waals surface area (Å²) >= 11 is 0. The summed E-state index contributed by atoms with van der Waals surface area (Å²) in [5.74, 6) is 0. The lowest BCUT2D eigenvalue weighted by molar-refractivity contribution is 0.282. The monoisotopic (exact) mass is 512 g/mol. The van der Waals surface area contributed by atoms with Gasteiger partial charge in [-0.15, -0.1) is 0 Å². The van der Waals surface area contributed by atoms with Crippen molar-refractivity contribution in [1.29, 1.82) is 0 Å². The summed E-state index contributed by atoms with van der Waals surface area (Å²) in [4.78, 5) is 0. The second kappa shape index (κ2) is 134. The van der Waals surface area contributed by atoms with Crippen LogP contribution in [0.15, 0.2) is 0 Å². The molecule has 9 nitrogen and oxygen atoms in total. The number of aliphatic hydroxyl groups excluding tert-OH is 9. The van der Waals surface area contributed by atoms with Crippen LogP contribution in [0, 0.1) is 0 Å². The average Bonchev–Trinajstić information content (AvgIpc) is 2.75. The van der Waals surface area contributed by atoms with Crippen LogP contribution in [0.5, 0.6) is 0 Å². The Morgan fingerprint density at radius 3 is 0.559 bits per heavy atom. The maximum atomic E-state index is 8.47. The fourth-order valence-electron chi connectivity index (χ4n) is 1.07. The molecule has 0 radical (unpaired) electrons. The van der Waals surface area contributed by atoms with E-state index < -0.39 is 0 Å². The maximum absolute atomic E-state index is 8.47. The van der Waals surface area contributed by atoms with E-state index in [0.717, 1.165) is 6.42 Å². The molecule has 0 aromatic rings. The lowest BCUT2D eigenvalue weighted by atomic mass is 10.1. The Morgan fingerprint density at radius 1 is 0.265 bits per heavy atom. The zero-order valence-corrected chi connectivity index (χ0v) is 24.3. The van der Waals surface area contributed by atoms with Crippen molar-refractivity contribution in [3.8, 4) is 0 Å². The zero-order chi connectivity index (χ0) is 29.3. The van der Waals surface area contributed by atoms with E-state index in [2.05, 4.69) is 6.92 Å². The number of rotatable bonds is 7. The van der Waals surface area contributed by atoms with Crippen LogP contribution in [0.4, 0.5) is 0 Å². The molecular formula is C25H68O9. The Labute approximate surface area is 213 Å². The van der Waals surface area contributed by atoms with Gasteiger partial charge in [0, 0.05) is 59.5 Å². The van der Waals surface area contributed by atoms with Gasteiger partial charge in [0.15, 0.2) is 0 Å². The molecule has 0 unspecified atom stereocenters. The summed E-state index contributed by atoms with van der Waals surface area (Å²) in [6.07, 6.45) is 8.93. The minimum absolute atomic E-state index is 0.250. The molecule has 0 saturated heterocycles. The van der Waals surface area contributed by atoms with Crippen LogP contribution in [0.2, 0.25) is 0 Å². The third-order valence-corrected chi connectivity index (χ3v) is 1.76. The molecule has 0 aromatic heterocycles. The number of aliphatic hydroxyl groups is 9. The van der Waals surface area contributed by atoms with Crippen molar-refractivity contribution in [1.82, 2.24) is 0 Å². The van der Waals surface area contributed by atoms with Crippen LogP contribution in [0.3, 0.4) is 0 Å². The summed E-state index contributed by atoms with van der Waals surface area (Å²) in [5.41, 5.74) is 0. The molecule has 34 heavy (non-hydrogen) atoms. The average molecular weight is 513 g/mol. The van der Waals surface area contributed by atoms with Crippen LogP contribution in [-0.2, 0) is 0 Å². The van der Waals surface area contributed by atoms with Gasteiger partial charge in [-0.2, -0.15) is 0 Å². The Hall–Kier alpha value is -0.360. The fourth-order valence-corrected chi connectivity index (χ4v) is 1.07. The highest BCUT2D eigenvalue weighted by Crippen LogP contribution is 2.05. The highest BCUT2D eigenvalue weighted by atomic mass is 16.3. The molecule has 0 fully saturated rings. The predicted octanol–water partition coefficient (Wildman–Crippen LogP) is 2.72. The lowest BCUT2D eigenvalue weighted by Gasteiger charge is -1.97. The number of unbranched alkanes of at least 4 members (excludes halogenated alkanes) is 6. The standard InChI is InChI=1S/C9H20O.8C2H6O/c1-2-3-4-5-6-7-8-9-10;8*1-2-3/h10H,2-9H2,1H3;8*3H,2H2,1H3. The molecule has 0 aliphatic carbocycles. The van der Waals surface area contributed by atoms with Crippen LogP contribution in [0.1, 0.15) is 107 Å². The molecule has 0 amide bonds. The SMILES string of the molecule is CCCCCCCCCO.CCO.CCO.CCO.CCO.CCO.CCO.CCO.CCO. The van der Waals surface area contributed by atoms with Crippen molar-refractivity contribution >= 4 is 0 Å².